The fraction of sp³-hybridized carbons (Fsp3) is 0.400. The maximum Gasteiger partial charge on any atom is 0.389 e. The molecule has 0 radical (unpaired) electrons. The van der Waals surface area contributed by atoms with Gasteiger partial charge in [0, 0.05) is 44.5 Å². The second kappa shape index (κ2) is 10.3. The largest absolute Gasteiger partial charge is 0.389 e. The van der Waals surface area contributed by atoms with Gasteiger partial charge in [0.05, 0.1) is 23.6 Å². The summed E-state index contributed by atoms with van der Waals surface area (Å²) in [6, 6.07) is 9.24. The van der Waals surface area contributed by atoms with Gasteiger partial charge in [-0.3, -0.25) is 4.90 Å². The topological polar surface area (TPSA) is 89.2 Å². The summed E-state index contributed by atoms with van der Waals surface area (Å²) in [5, 5.41) is 12.9. The number of aryl methyl sites for hydroxylation is 2. The highest BCUT2D eigenvalue weighted by atomic mass is 32.2. The first-order valence-corrected chi connectivity index (χ1v) is 13.8. The van der Waals surface area contributed by atoms with Gasteiger partial charge in [-0.2, -0.15) is 32.5 Å². The van der Waals surface area contributed by atoms with Gasteiger partial charge in [0.2, 0.25) is 5.03 Å². The molecule has 2 aromatic carbocycles. The number of benzene rings is 2. The van der Waals surface area contributed by atoms with Crippen molar-refractivity contribution in [2.45, 2.75) is 37.0 Å². The normalized spacial score (nSPS) is 17.7. The molecule has 0 N–H and O–H groups in total. The third kappa shape index (κ3) is 5.68. The summed E-state index contributed by atoms with van der Waals surface area (Å²) in [6.45, 7) is 2.46. The number of hydrogen-bond acceptors (Lipinski definition) is 6. The van der Waals surface area contributed by atoms with Gasteiger partial charge >= 0.3 is 6.18 Å². The van der Waals surface area contributed by atoms with Crippen LogP contribution < -0.4 is 0 Å². The molecular formula is C25H27F4N7O2S. The standard InChI is InChI=1S/C25H27F4N7O2S/c1-17-12-22-18(14-31-36(22)20-6-4-19(26)5-7-20)13-21(17)23-16-35(39(37,38)24-15-30-33(2)32-24)11-10-34(23)9-3-8-25(27,28)29/h4-7,12-15,23H,3,8-11,16H2,1-2H3. The van der Waals surface area contributed by atoms with E-state index in [9.17, 15) is 26.0 Å². The summed E-state index contributed by atoms with van der Waals surface area (Å²) in [6.07, 6.45) is -2.44. The third-order valence-electron chi connectivity index (χ3n) is 6.93. The average molecular weight is 566 g/mol. The molecule has 1 fully saturated rings. The van der Waals surface area contributed by atoms with E-state index < -0.39 is 28.7 Å². The van der Waals surface area contributed by atoms with E-state index in [0.29, 0.717) is 5.69 Å². The van der Waals surface area contributed by atoms with Gasteiger partial charge in [-0.25, -0.2) is 17.5 Å². The van der Waals surface area contributed by atoms with Crippen molar-refractivity contribution in [2.24, 2.45) is 7.05 Å². The minimum absolute atomic E-state index is 0.0450. The van der Waals surface area contributed by atoms with Gasteiger partial charge in [-0.05, 0) is 67.4 Å². The molecule has 1 atom stereocenters. The Morgan fingerprint density at radius 3 is 2.46 bits per heavy atom. The van der Waals surface area contributed by atoms with E-state index in [-0.39, 0.29) is 43.4 Å². The van der Waals surface area contributed by atoms with Crippen molar-refractivity contribution in [3.8, 4) is 5.69 Å². The van der Waals surface area contributed by atoms with E-state index in [2.05, 4.69) is 15.3 Å². The van der Waals surface area contributed by atoms with Crippen LogP contribution in [0, 0.1) is 12.7 Å². The molecule has 39 heavy (non-hydrogen) atoms. The van der Waals surface area contributed by atoms with Crippen molar-refractivity contribution in [2.75, 3.05) is 26.2 Å². The highest BCUT2D eigenvalue weighted by Gasteiger charge is 2.37. The number of aromatic nitrogens is 5. The minimum atomic E-state index is -4.27. The SMILES string of the molecule is Cc1cc2c(cnn2-c2ccc(F)cc2)cc1C1CN(S(=O)(=O)c2cnn(C)n2)CCN1CCCC(F)(F)F. The highest BCUT2D eigenvalue weighted by molar-refractivity contribution is 7.89. The lowest BCUT2D eigenvalue weighted by Gasteiger charge is -2.41. The fourth-order valence-corrected chi connectivity index (χ4v) is 6.31. The molecule has 0 spiro atoms. The number of hydrogen-bond donors (Lipinski definition) is 0. The molecule has 208 valence electrons. The van der Waals surface area contributed by atoms with Crippen LogP contribution in [0.3, 0.4) is 0 Å². The summed E-state index contributed by atoms with van der Waals surface area (Å²) in [5.41, 5.74) is 3.07. The van der Waals surface area contributed by atoms with Crippen LogP contribution in [-0.2, 0) is 17.1 Å². The van der Waals surface area contributed by atoms with Crippen molar-refractivity contribution in [3.63, 3.8) is 0 Å². The van der Waals surface area contributed by atoms with Crippen LogP contribution in [0.15, 0.2) is 53.8 Å². The minimum Gasteiger partial charge on any atom is -0.294 e. The Bertz CT molecular complexity index is 1580. The van der Waals surface area contributed by atoms with Crippen LogP contribution >= 0.6 is 0 Å². The lowest BCUT2D eigenvalue weighted by atomic mass is 9.96. The number of rotatable bonds is 7. The fourth-order valence-electron chi connectivity index (χ4n) is 4.98. The molecule has 4 aromatic rings. The van der Waals surface area contributed by atoms with E-state index in [1.165, 1.54) is 29.7 Å². The smallest absolute Gasteiger partial charge is 0.294 e. The summed E-state index contributed by atoms with van der Waals surface area (Å²) >= 11 is 0. The molecule has 0 aliphatic carbocycles. The van der Waals surface area contributed by atoms with Crippen LogP contribution in [0.25, 0.3) is 16.6 Å². The molecule has 3 heterocycles. The maximum atomic E-state index is 13.4. The van der Waals surface area contributed by atoms with E-state index in [0.717, 1.165) is 26.8 Å². The molecule has 14 heteroatoms. The lowest BCUT2D eigenvalue weighted by molar-refractivity contribution is -0.136. The van der Waals surface area contributed by atoms with E-state index in [1.54, 1.807) is 23.0 Å². The zero-order valence-electron chi connectivity index (χ0n) is 21.3. The van der Waals surface area contributed by atoms with Crippen LogP contribution in [0.2, 0.25) is 0 Å². The maximum absolute atomic E-state index is 13.4. The number of fused-ring (bicyclic) bond motifs is 1. The van der Waals surface area contributed by atoms with Gasteiger partial charge in [-0.15, -0.1) is 5.10 Å². The molecule has 1 saturated heterocycles. The van der Waals surface area contributed by atoms with Gasteiger partial charge in [0.1, 0.15) is 5.82 Å². The molecule has 0 bridgehead atoms. The van der Waals surface area contributed by atoms with E-state index >= 15 is 0 Å². The summed E-state index contributed by atoms with van der Waals surface area (Å²) in [4.78, 5) is 3.07. The Hall–Kier alpha value is -3.36. The van der Waals surface area contributed by atoms with Crippen molar-refractivity contribution in [3.05, 3.63) is 65.7 Å². The Morgan fingerprint density at radius 1 is 1.05 bits per heavy atom. The van der Waals surface area contributed by atoms with E-state index in [4.69, 9.17) is 0 Å². The molecule has 9 nitrogen and oxygen atoms in total. The Kier molecular flexibility index (Phi) is 7.20. The summed E-state index contributed by atoms with van der Waals surface area (Å²) in [5.74, 6) is -0.363. The first-order chi connectivity index (χ1) is 18.4. The molecule has 1 aliphatic heterocycles. The number of nitrogens with zero attached hydrogens (tertiary/aromatic N) is 7. The van der Waals surface area contributed by atoms with Crippen LogP contribution in [0.1, 0.15) is 30.0 Å². The zero-order chi connectivity index (χ0) is 27.9. The quantitative estimate of drug-likeness (QED) is 0.315. The van der Waals surface area contributed by atoms with Gasteiger partial charge in [0.25, 0.3) is 10.0 Å². The van der Waals surface area contributed by atoms with Crippen molar-refractivity contribution < 1.29 is 26.0 Å². The predicted octanol–water partition coefficient (Wildman–Crippen LogP) is 3.99. The highest BCUT2D eigenvalue weighted by Crippen LogP contribution is 2.34. The zero-order valence-corrected chi connectivity index (χ0v) is 22.1. The first-order valence-electron chi connectivity index (χ1n) is 12.3. The third-order valence-corrected chi connectivity index (χ3v) is 8.66. The Morgan fingerprint density at radius 2 is 1.79 bits per heavy atom. The second-order valence-corrected chi connectivity index (χ2v) is 11.5. The van der Waals surface area contributed by atoms with Crippen molar-refractivity contribution in [1.29, 1.82) is 0 Å². The van der Waals surface area contributed by atoms with Gasteiger partial charge in [0.15, 0.2) is 0 Å². The Labute approximate surface area is 222 Å². The molecular weight excluding hydrogens is 538 g/mol. The number of sulfonamides is 1. The molecule has 1 unspecified atom stereocenters. The lowest BCUT2D eigenvalue weighted by Crippen LogP contribution is -2.50. The molecule has 0 saturated carbocycles. The van der Waals surface area contributed by atoms with Crippen LogP contribution in [0.5, 0.6) is 0 Å². The number of piperazine rings is 1. The second-order valence-electron chi connectivity index (χ2n) is 9.61. The van der Waals surface area contributed by atoms with Crippen molar-refractivity contribution >= 4 is 20.9 Å². The summed E-state index contributed by atoms with van der Waals surface area (Å²) in [7, 11) is -2.44. The van der Waals surface area contributed by atoms with Crippen LogP contribution in [-0.4, -0.2) is 74.8 Å². The van der Waals surface area contributed by atoms with Crippen molar-refractivity contribution in [1.82, 2.24) is 34.0 Å². The van der Waals surface area contributed by atoms with Crippen LogP contribution in [0.4, 0.5) is 17.6 Å². The number of alkyl halides is 3. The average Bonchev–Trinajstić information content (AvgIpc) is 3.50. The molecule has 0 amide bonds. The molecule has 1 aliphatic rings. The monoisotopic (exact) mass is 565 g/mol. The van der Waals surface area contributed by atoms with E-state index in [1.807, 2.05) is 24.0 Å². The van der Waals surface area contributed by atoms with Gasteiger partial charge in [-0.1, -0.05) is 0 Å². The molecule has 5 rings (SSSR count). The predicted molar refractivity (Wildman–Crippen MR) is 135 cm³/mol. The van der Waals surface area contributed by atoms with Gasteiger partial charge < -0.3 is 0 Å². The summed E-state index contributed by atoms with van der Waals surface area (Å²) < 4.78 is 81.7. The number of halogens is 4. The first kappa shape index (κ1) is 27.2. The Balaban J connectivity index is 1.50. The molecule has 2 aromatic heterocycles.